The number of benzene rings is 2. The Hall–Kier alpha value is -5.22. The second-order valence-corrected chi connectivity index (χ2v) is 19.3. The molecular weight excluding hydrogens is 931 g/mol. The van der Waals surface area contributed by atoms with E-state index in [9.17, 15) is 28.8 Å². The zero-order valence-corrected chi connectivity index (χ0v) is 44.7. The third-order valence-electron chi connectivity index (χ3n) is 12.9. The summed E-state index contributed by atoms with van der Waals surface area (Å²) in [5, 5.41) is 14.2. The van der Waals surface area contributed by atoms with Gasteiger partial charge < -0.3 is 76.4 Å². The van der Waals surface area contributed by atoms with Crippen LogP contribution >= 0.6 is 0 Å². The van der Waals surface area contributed by atoms with Crippen LogP contribution in [-0.4, -0.2) is 136 Å². The molecule has 20 heteroatoms. The average molecular weight is 1020 g/mol. The highest BCUT2D eigenvalue weighted by atomic mass is 16.5. The summed E-state index contributed by atoms with van der Waals surface area (Å²) in [6, 6.07) is 4.17. The maximum atomic E-state index is 14.1. The lowest BCUT2D eigenvalue weighted by molar-refractivity contribution is -0.134. The Balaban J connectivity index is 2.29. The van der Waals surface area contributed by atoms with Gasteiger partial charge in [-0.25, -0.2) is 0 Å². The van der Waals surface area contributed by atoms with Gasteiger partial charge in [0.05, 0.1) is 18.1 Å². The Bertz CT molecular complexity index is 2000. The molecule has 20 nitrogen and oxygen atoms in total. The van der Waals surface area contributed by atoms with Crippen molar-refractivity contribution in [3.63, 3.8) is 0 Å². The molecular formula is C53H93N13O7. The lowest BCUT2D eigenvalue weighted by Crippen LogP contribution is -2.53. The zero-order valence-electron chi connectivity index (χ0n) is 44.7. The fourth-order valence-electron chi connectivity index (χ4n) is 8.61. The highest BCUT2D eigenvalue weighted by molar-refractivity contribution is 5.90. The summed E-state index contributed by atoms with van der Waals surface area (Å²) in [5.74, 6) is -1.96. The summed E-state index contributed by atoms with van der Waals surface area (Å²) < 4.78 is 6.19. The first-order valence-corrected chi connectivity index (χ1v) is 26.5. The van der Waals surface area contributed by atoms with Gasteiger partial charge in [0, 0.05) is 32.7 Å². The fourth-order valence-corrected chi connectivity index (χ4v) is 8.61. The lowest BCUT2D eigenvalue weighted by atomic mass is 9.90. The highest BCUT2D eigenvalue weighted by Crippen LogP contribution is 2.35. The highest BCUT2D eigenvalue weighted by Gasteiger charge is 2.26. The van der Waals surface area contributed by atoms with Crippen LogP contribution in [0.4, 0.5) is 0 Å². The van der Waals surface area contributed by atoms with Crippen molar-refractivity contribution in [3.8, 4) is 16.9 Å². The number of nitrogens with two attached hydrogens (primary N) is 7. The number of amides is 6. The molecule has 5 unspecified atom stereocenters. The molecule has 73 heavy (non-hydrogen) atoms. The number of carbonyl (C=O) groups is 6. The minimum absolute atomic E-state index is 0.00650. The van der Waals surface area contributed by atoms with E-state index in [1.54, 1.807) is 0 Å². The fraction of sp³-hybridized carbons (Fsp3) is 0.660. The van der Waals surface area contributed by atoms with E-state index < -0.39 is 59.7 Å². The molecule has 0 aliphatic rings. The standard InChI is InChI=1S/C53H93N13O7/c1-35-30-38(4)48(39(5)31-35)40-32-37(3)46(33-36(40)2)73-34-47(67)66(28-26-62-52(71)44(19-9-14-24-57)64-50(69)42(59)17-7-12-22-55)29-27-63-53(72)45(65-51(70)43(60)18-8-13-23-56)20-10-15-25-61-49(68)41(58)16-6-11-21-54/h30-33,41-45H,6-29,34,54-60H2,1-5H3,(H,61,68)(H,62,71)(H,63,72)(H,64,69)(H,65,70). The van der Waals surface area contributed by atoms with Crippen LogP contribution in [0.1, 0.15) is 124 Å². The maximum Gasteiger partial charge on any atom is 0.260 e. The minimum Gasteiger partial charge on any atom is -0.483 e. The number of unbranched alkanes of at least 4 members (excludes halogenated alkanes) is 5. The molecule has 412 valence electrons. The van der Waals surface area contributed by atoms with Crippen molar-refractivity contribution in [2.45, 2.75) is 161 Å². The van der Waals surface area contributed by atoms with Crippen LogP contribution in [0, 0.1) is 34.6 Å². The van der Waals surface area contributed by atoms with Gasteiger partial charge in [0.1, 0.15) is 17.8 Å². The molecule has 0 heterocycles. The third-order valence-corrected chi connectivity index (χ3v) is 12.9. The Morgan fingerprint density at radius 3 is 1.34 bits per heavy atom. The third kappa shape index (κ3) is 24.1. The molecule has 0 spiro atoms. The topological polar surface area (TPSA) is 357 Å². The van der Waals surface area contributed by atoms with Gasteiger partial charge in [-0.2, -0.15) is 0 Å². The van der Waals surface area contributed by atoms with E-state index in [0.717, 1.165) is 52.6 Å². The summed E-state index contributed by atoms with van der Waals surface area (Å²) >= 11 is 0. The molecule has 2 aromatic carbocycles. The molecule has 0 radical (unpaired) electrons. The number of hydrogen-bond donors (Lipinski definition) is 12. The van der Waals surface area contributed by atoms with E-state index in [1.807, 2.05) is 19.9 Å². The number of hydrogen-bond acceptors (Lipinski definition) is 14. The van der Waals surface area contributed by atoms with Gasteiger partial charge >= 0.3 is 0 Å². The van der Waals surface area contributed by atoms with Crippen molar-refractivity contribution in [1.82, 2.24) is 31.5 Å². The van der Waals surface area contributed by atoms with Gasteiger partial charge in [-0.15, -0.1) is 0 Å². The van der Waals surface area contributed by atoms with Crippen LogP contribution < -0.4 is 71.5 Å². The second-order valence-electron chi connectivity index (χ2n) is 19.3. The quantitative estimate of drug-likeness (QED) is 0.0419. The van der Waals surface area contributed by atoms with Gasteiger partial charge in [-0.3, -0.25) is 28.8 Å². The Morgan fingerprint density at radius 2 is 0.890 bits per heavy atom. The predicted molar refractivity (Wildman–Crippen MR) is 290 cm³/mol. The molecule has 0 saturated carbocycles. The molecule has 19 N–H and O–H groups in total. The molecule has 6 amide bonds. The molecule has 0 fully saturated rings. The number of nitrogens with one attached hydrogen (secondary N) is 5. The van der Waals surface area contributed by atoms with Crippen LogP contribution in [-0.2, 0) is 28.8 Å². The normalized spacial score (nSPS) is 13.3. The van der Waals surface area contributed by atoms with Crippen molar-refractivity contribution in [2.75, 3.05) is 65.5 Å². The summed E-state index contributed by atoms with van der Waals surface area (Å²) in [6.07, 6.45) is 8.43. The van der Waals surface area contributed by atoms with Gasteiger partial charge in [0.2, 0.25) is 29.5 Å². The number of nitrogens with zero attached hydrogens (tertiary/aromatic N) is 1. The van der Waals surface area contributed by atoms with E-state index in [2.05, 4.69) is 65.6 Å². The van der Waals surface area contributed by atoms with Crippen molar-refractivity contribution >= 4 is 35.4 Å². The summed E-state index contributed by atoms with van der Waals surface area (Å²) in [7, 11) is 0. The van der Waals surface area contributed by atoms with Gasteiger partial charge in [0.25, 0.3) is 5.91 Å². The van der Waals surface area contributed by atoms with Gasteiger partial charge in [-0.05, 0) is 183 Å². The largest absolute Gasteiger partial charge is 0.483 e. The first-order valence-electron chi connectivity index (χ1n) is 26.5. The molecule has 2 rings (SSSR count). The van der Waals surface area contributed by atoms with Crippen LogP contribution in [0.15, 0.2) is 24.3 Å². The molecule has 5 atom stereocenters. The van der Waals surface area contributed by atoms with Crippen LogP contribution in [0.3, 0.4) is 0 Å². The monoisotopic (exact) mass is 1020 g/mol. The molecule has 0 aliphatic carbocycles. The Kier molecular flexibility index (Phi) is 31.4. The first-order chi connectivity index (χ1) is 34.9. The number of rotatable bonds is 38. The van der Waals surface area contributed by atoms with Crippen molar-refractivity contribution in [1.29, 1.82) is 0 Å². The summed E-state index contributed by atoms with van der Waals surface area (Å²) in [6.45, 7) is 12.2. The first kappa shape index (κ1) is 63.9. The van der Waals surface area contributed by atoms with Crippen molar-refractivity contribution in [3.05, 3.63) is 52.1 Å². The van der Waals surface area contributed by atoms with E-state index in [4.69, 9.17) is 44.9 Å². The SMILES string of the molecule is Cc1cc(C)c(-c2cc(C)c(OCC(=O)N(CCNC(=O)C(CCCCN)NC(=O)C(N)CCCCN)CCNC(=O)C(CCCCNC(=O)C(N)CCCCN)NC(=O)C(N)CCCCN)cc2C)c(C)c1. The summed E-state index contributed by atoms with van der Waals surface area (Å²) in [4.78, 5) is 81.8. The second kappa shape index (κ2) is 35.8. The number of ether oxygens (including phenoxy) is 1. The Labute approximate surface area is 434 Å². The van der Waals surface area contributed by atoms with Crippen LogP contribution in [0.5, 0.6) is 5.75 Å². The minimum atomic E-state index is -0.962. The molecule has 2 aromatic rings. The lowest BCUT2D eigenvalue weighted by Gasteiger charge is -2.26. The summed E-state index contributed by atoms with van der Waals surface area (Å²) in [5.41, 5.74) is 48.5. The van der Waals surface area contributed by atoms with E-state index >= 15 is 0 Å². The van der Waals surface area contributed by atoms with Gasteiger partial charge in [-0.1, -0.05) is 37.0 Å². The van der Waals surface area contributed by atoms with Crippen molar-refractivity contribution < 1.29 is 33.5 Å². The number of carbonyl (C=O) groups excluding carboxylic acids is 6. The predicted octanol–water partition coefficient (Wildman–Crippen LogP) is 1.09. The van der Waals surface area contributed by atoms with E-state index in [0.29, 0.717) is 109 Å². The maximum absolute atomic E-state index is 14.1. The number of aryl methyl sites for hydroxylation is 5. The van der Waals surface area contributed by atoms with Crippen molar-refractivity contribution in [2.24, 2.45) is 40.1 Å². The molecule has 0 aliphatic heterocycles. The van der Waals surface area contributed by atoms with E-state index in [1.165, 1.54) is 10.5 Å². The van der Waals surface area contributed by atoms with Gasteiger partial charge in [0.15, 0.2) is 6.61 Å². The molecule has 0 bridgehead atoms. The molecule has 0 saturated heterocycles. The average Bonchev–Trinajstić information content (AvgIpc) is 3.34. The smallest absolute Gasteiger partial charge is 0.260 e. The Morgan fingerprint density at radius 1 is 0.479 bits per heavy atom. The molecule has 0 aromatic heterocycles. The zero-order chi connectivity index (χ0) is 54.3. The van der Waals surface area contributed by atoms with Crippen LogP contribution in [0.2, 0.25) is 0 Å². The van der Waals surface area contributed by atoms with Crippen LogP contribution in [0.25, 0.3) is 11.1 Å². The van der Waals surface area contributed by atoms with E-state index in [-0.39, 0.29) is 45.1 Å².